The van der Waals surface area contributed by atoms with E-state index in [4.69, 9.17) is 9.84 Å². The standard InChI is InChI=1S/C31H33NO3.ClH/c1-20-12-13-26(16-23(20)14-15-31(33)34)30-19-27(17-25-8-5-6-11-29(25)30)22(3)32-21(2)24-9-7-10-28(18-24)35-4;/h5-13,16-19,21-22,32H,14-15H2,1-4H3,(H,33,34);1H/t21-,22?;/m1./s1. The average molecular weight is 504 g/mol. The lowest BCUT2D eigenvalue weighted by Crippen LogP contribution is -2.22. The zero-order valence-corrected chi connectivity index (χ0v) is 22.1. The van der Waals surface area contributed by atoms with Gasteiger partial charge >= 0.3 is 5.97 Å². The minimum Gasteiger partial charge on any atom is -0.497 e. The van der Waals surface area contributed by atoms with Crippen LogP contribution in [0.2, 0.25) is 0 Å². The summed E-state index contributed by atoms with van der Waals surface area (Å²) >= 11 is 0. The van der Waals surface area contributed by atoms with Crippen molar-refractivity contribution in [1.82, 2.24) is 5.32 Å². The van der Waals surface area contributed by atoms with Gasteiger partial charge in [0, 0.05) is 18.5 Å². The van der Waals surface area contributed by atoms with Gasteiger partial charge in [-0.3, -0.25) is 4.79 Å². The summed E-state index contributed by atoms with van der Waals surface area (Å²) in [5.74, 6) is 0.0853. The molecule has 0 aliphatic rings. The lowest BCUT2D eigenvalue weighted by molar-refractivity contribution is -0.136. The van der Waals surface area contributed by atoms with E-state index in [-0.39, 0.29) is 30.9 Å². The summed E-state index contributed by atoms with van der Waals surface area (Å²) in [6.45, 7) is 6.40. The summed E-state index contributed by atoms with van der Waals surface area (Å²) in [5.41, 5.74) is 6.87. The molecule has 36 heavy (non-hydrogen) atoms. The predicted molar refractivity (Wildman–Crippen MR) is 150 cm³/mol. The van der Waals surface area contributed by atoms with Gasteiger partial charge in [0.15, 0.2) is 0 Å². The van der Waals surface area contributed by atoms with E-state index < -0.39 is 5.97 Å². The number of hydrogen-bond donors (Lipinski definition) is 2. The van der Waals surface area contributed by atoms with Crippen LogP contribution in [0.1, 0.15) is 54.6 Å². The van der Waals surface area contributed by atoms with Crippen molar-refractivity contribution < 1.29 is 14.6 Å². The second-order valence-corrected chi connectivity index (χ2v) is 9.21. The molecule has 0 saturated heterocycles. The Morgan fingerprint density at radius 1 is 0.917 bits per heavy atom. The fraction of sp³-hybridized carbons (Fsp3) is 0.258. The summed E-state index contributed by atoms with van der Waals surface area (Å²) in [6.07, 6.45) is 0.664. The lowest BCUT2D eigenvalue weighted by atomic mass is 9.91. The van der Waals surface area contributed by atoms with Crippen molar-refractivity contribution in [2.24, 2.45) is 0 Å². The molecule has 0 aliphatic heterocycles. The number of carboxylic acids is 1. The van der Waals surface area contributed by atoms with E-state index in [1.165, 1.54) is 21.9 Å². The first-order valence-electron chi connectivity index (χ1n) is 12.1. The fourth-order valence-corrected chi connectivity index (χ4v) is 4.65. The van der Waals surface area contributed by atoms with E-state index in [0.717, 1.165) is 28.0 Å². The molecule has 0 heterocycles. The number of methoxy groups -OCH3 is 1. The van der Waals surface area contributed by atoms with E-state index in [9.17, 15) is 4.79 Å². The zero-order valence-electron chi connectivity index (χ0n) is 21.2. The lowest BCUT2D eigenvalue weighted by Gasteiger charge is -2.23. The third-order valence-corrected chi connectivity index (χ3v) is 6.75. The predicted octanol–water partition coefficient (Wildman–Crippen LogP) is 7.67. The van der Waals surface area contributed by atoms with Crippen LogP contribution in [0.3, 0.4) is 0 Å². The number of ether oxygens (including phenoxy) is 1. The van der Waals surface area contributed by atoms with Crippen LogP contribution < -0.4 is 10.1 Å². The summed E-state index contributed by atoms with van der Waals surface area (Å²) in [6, 6.07) is 27.8. The molecule has 0 spiro atoms. The first kappa shape index (κ1) is 27.3. The van der Waals surface area contributed by atoms with Crippen LogP contribution in [0, 0.1) is 6.92 Å². The number of halogens is 1. The monoisotopic (exact) mass is 503 g/mol. The Kier molecular flexibility index (Phi) is 9.14. The maximum Gasteiger partial charge on any atom is 0.303 e. The van der Waals surface area contributed by atoms with Gasteiger partial charge in [-0.1, -0.05) is 54.6 Å². The normalized spacial score (nSPS) is 12.6. The third-order valence-electron chi connectivity index (χ3n) is 6.75. The summed E-state index contributed by atoms with van der Waals surface area (Å²) < 4.78 is 5.40. The molecule has 4 aromatic rings. The number of rotatable bonds is 9. The topological polar surface area (TPSA) is 58.6 Å². The van der Waals surface area contributed by atoms with Crippen molar-refractivity contribution in [1.29, 1.82) is 0 Å². The number of hydrogen-bond acceptors (Lipinski definition) is 3. The van der Waals surface area contributed by atoms with Gasteiger partial charge in [0.25, 0.3) is 0 Å². The third kappa shape index (κ3) is 6.26. The number of carboxylic acid groups (broad SMARTS) is 1. The molecule has 188 valence electrons. The number of benzene rings is 4. The maximum absolute atomic E-state index is 11.1. The van der Waals surface area contributed by atoms with Crippen molar-refractivity contribution in [2.45, 2.75) is 45.7 Å². The highest BCUT2D eigenvalue weighted by Crippen LogP contribution is 2.34. The Labute approximate surface area is 219 Å². The molecule has 4 aromatic carbocycles. The van der Waals surface area contributed by atoms with Crippen LogP contribution in [0.15, 0.2) is 78.9 Å². The van der Waals surface area contributed by atoms with Crippen molar-refractivity contribution in [3.05, 3.63) is 101 Å². The van der Waals surface area contributed by atoms with E-state index in [0.29, 0.717) is 6.42 Å². The van der Waals surface area contributed by atoms with Crippen LogP contribution in [-0.2, 0) is 11.2 Å². The van der Waals surface area contributed by atoms with Crippen molar-refractivity contribution in [2.75, 3.05) is 7.11 Å². The van der Waals surface area contributed by atoms with Crippen LogP contribution in [0.25, 0.3) is 21.9 Å². The average Bonchev–Trinajstić information content (AvgIpc) is 2.87. The molecule has 5 heteroatoms. The van der Waals surface area contributed by atoms with Gasteiger partial charge in [-0.15, -0.1) is 12.4 Å². The number of carbonyl (C=O) groups is 1. The van der Waals surface area contributed by atoms with Crippen LogP contribution in [-0.4, -0.2) is 18.2 Å². The highest BCUT2D eigenvalue weighted by atomic mass is 35.5. The largest absolute Gasteiger partial charge is 0.497 e. The summed E-state index contributed by atoms with van der Waals surface area (Å²) in [4.78, 5) is 11.1. The smallest absolute Gasteiger partial charge is 0.303 e. The Morgan fingerprint density at radius 2 is 1.67 bits per heavy atom. The van der Waals surface area contributed by atoms with Gasteiger partial charge in [-0.05, 0) is 95.6 Å². The molecular formula is C31H34ClNO3. The molecule has 2 atom stereocenters. The molecule has 1 unspecified atom stereocenters. The molecular weight excluding hydrogens is 470 g/mol. The number of nitrogens with one attached hydrogen (secondary N) is 1. The minimum absolute atomic E-state index is 0. The van der Waals surface area contributed by atoms with Crippen LogP contribution in [0.4, 0.5) is 0 Å². The molecule has 0 bridgehead atoms. The first-order chi connectivity index (χ1) is 16.9. The Bertz CT molecular complexity index is 1350. The second-order valence-electron chi connectivity index (χ2n) is 9.21. The van der Waals surface area contributed by atoms with E-state index in [1.54, 1.807) is 7.11 Å². The Balaban J connectivity index is 0.00000361. The van der Waals surface area contributed by atoms with Gasteiger partial charge in [0.1, 0.15) is 5.75 Å². The van der Waals surface area contributed by atoms with Crippen molar-refractivity contribution >= 4 is 29.1 Å². The quantitative estimate of drug-likeness (QED) is 0.246. The molecule has 0 radical (unpaired) electrons. The fourth-order valence-electron chi connectivity index (χ4n) is 4.65. The first-order valence-corrected chi connectivity index (χ1v) is 12.1. The molecule has 0 aromatic heterocycles. The molecule has 0 fully saturated rings. The molecule has 2 N–H and O–H groups in total. The Hall–Kier alpha value is -3.34. The van der Waals surface area contributed by atoms with Crippen LogP contribution >= 0.6 is 12.4 Å². The molecule has 4 rings (SSSR count). The van der Waals surface area contributed by atoms with Crippen LogP contribution in [0.5, 0.6) is 5.75 Å². The summed E-state index contributed by atoms with van der Waals surface area (Å²) in [7, 11) is 1.69. The molecule has 0 aliphatic carbocycles. The van der Waals surface area contributed by atoms with E-state index >= 15 is 0 Å². The van der Waals surface area contributed by atoms with Crippen molar-refractivity contribution in [3.63, 3.8) is 0 Å². The Morgan fingerprint density at radius 3 is 2.42 bits per heavy atom. The molecule has 0 amide bonds. The number of aliphatic carboxylic acids is 1. The zero-order chi connectivity index (χ0) is 24.9. The molecule has 0 saturated carbocycles. The van der Waals surface area contributed by atoms with E-state index in [2.05, 4.69) is 85.9 Å². The van der Waals surface area contributed by atoms with E-state index in [1.807, 2.05) is 19.1 Å². The minimum atomic E-state index is -0.771. The van der Waals surface area contributed by atoms with Gasteiger partial charge < -0.3 is 15.2 Å². The number of fused-ring (bicyclic) bond motifs is 1. The summed E-state index contributed by atoms with van der Waals surface area (Å²) in [5, 5.41) is 15.3. The van der Waals surface area contributed by atoms with Gasteiger partial charge in [-0.2, -0.15) is 0 Å². The maximum atomic E-state index is 11.1. The van der Waals surface area contributed by atoms with Gasteiger partial charge in [-0.25, -0.2) is 0 Å². The van der Waals surface area contributed by atoms with Gasteiger partial charge in [0.2, 0.25) is 0 Å². The number of aryl methyl sites for hydroxylation is 2. The second kappa shape index (κ2) is 12.1. The van der Waals surface area contributed by atoms with Crippen molar-refractivity contribution in [3.8, 4) is 16.9 Å². The van der Waals surface area contributed by atoms with Gasteiger partial charge in [0.05, 0.1) is 7.11 Å². The molecule has 4 nitrogen and oxygen atoms in total. The SMILES string of the molecule is COc1cccc([C@@H](C)NC(C)c2cc(-c3ccc(C)c(CCC(=O)O)c3)c3ccccc3c2)c1.Cl. The highest BCUT2D eigenvalue weighted by molar-refractivity contribution is 5.97. The highest BCUT2D eigenvalue weighted by Gasteiger charge is 2.15.